The van der Waals surface area contributed by atoms with E-state index in [0.29, 0.717) is 13.0 Å². The van der Waals surface area contributed by atoms with Crippen LogP contribution in [0.4, 0.5) is 0 Å². The van der Waals surface area contributed by atoms with Gasteiger partial charge in [-0.15, -0.1) is 0 Å². The Hall–Kier alpha value is -2.00. The van der Waals surface area contributed by atoms with Gasteiger partial charge in [-0.25, -0.2) is 0 Å². The highest BCUT2D eigenvalue weighted by molar-refractivity contribution is 5.88. The fraction of sp³-hybridized carbons (Fsp3) is 0.724. The number of epoxide rings is 1. The summed E-state index contributed by atoms with van der Waals surface area (Å²) in [6.07, 6.45) is 10.2. The topological polar surface area (TPSA) is 107 Å². The molecule has 8 nitrogen and oxygen atoms in total. The lowest BCUT2D eigenvalue weighted by Crippen LogP contribution is -2.53. The van der Waals surface area contributed by atoms with Gasteiger partial charge in [0.05, 0.1) is 30.5 Å². The van der Waals surface area contributed by atoms with E-state index in [1.807, 2.05) is 39.8 Å². The van der Waals surface area contributed by atoms with Crippen LogP contribution in [0.2, 0.25) is 0 Å². The zero-order valence-electron chi connectivity index (χ0n) is 23.6. The van der Waals surface area contributed by atoms with Gasteiger partial charge in [0.1, 0.15) is 23.4 Å². The average Bonchev–Trinajstić information content (AvgIpc) is 3.53. The van der Waals surface area contributed by atoms with Gasteiger partial charge in [0.25, 0.3) is 0 Å². The lowest BCUT2D eigenvalue weighted by molar-refractivity contribution is -0.171. The van der Waals surface area contributed by atoms with Gasteiger partial charge in [-0.3, -0.25) is 9.59 Å². The number of aliphatic hydroxyl groups excluding tert-OH is 1. The van der Waals surface area contributed by atoms with Crippen molar-refractivity contribution in [2.75, 3.05) is 6.61 Å². The molecule has 3 saturated heterocycles. The Morgan fingerprint density at radius 1 is 1.19 bits per heavy atom. The molecule has 7 atom stereocenters. The number of carbonyl (C=O) groups is 2. The number of hydrogen-bond donors (Lipinski definition) is 2. The van der Waals surface area contributed by atoms with Crippen molar-refractivity contribution < 1.29 is 33.6 Å². The second-order valence-electron chi connectivity index (χ2n) is 12.1. The molecular formula is C29H45NO7. The summed E-state index contributed by atoms with van der Waals surface area (Å²) in [6, 6.07) is -0.101. The predicted octanol–water partition coefficient (Wildman–Crippen LogP) is 3.77. The minimum absolute atomic E-state index is 0.0449. The summed E-state index contributed by atoms with van der Waals surface area (Å²) in [5.74, 6) is -0.373. The average molecular weight is 520 g/mol. The van der Waals surface area contributed by atoms with Crippen LogP contribution in [-0.4, -0.2) is 70.9 Å². The fourth-order valence-electron chi connectivity index (χ4n) is 5.35. The first-order chi connectivity index (χ1) is 17.1. The summed E-state index contributed by atoms with van der Waals surface area (Å²) in [7, 11) is 0. The minimum Gasteiger partial charge on any atom is -0.456 e. The molecule has 0 aromatic heterocycles. The first-order valence-electron chi connectivity index (χ1n) is 13.3. The van der Waals surface area contributed by atoms with Gasteiger partial charge < -0.3 is 29.4 Å². The largest absolute Gasteiger partial charge is 0.456 e. The second kappa shape index (κ2) is 11.4. The molecule has 0 radical (unpaired) electrons. The van der Waals surface area contributed by atoms with Crippen LogP contribution in [0.3, 0.4) is 0 Å². The molecule has 0 unspecified atom stereocenters. The SMILES string of the molecule is CC(=O)OC(C)(C)C=CC(=O)N[C@@H]1C[C@H](C)[C@H](CC=C(C)C=C[C@H]2OC(C)(C)C[C@@]3(CO3)[C@@H]2O)O[C@@H]1C. The molecule has 208 valence electrons. The van der Waals surface area contributed by atoms with E-state index in [1.165, 1.54) is 13.0 Å². The monoisotopic (exact) mass is 519 g/mol. The number of aliphatic hydroxyl groups is 1. The molecule has 37 heavy (non-hydrogen) atoms. The van der Waals surface area contributed by atoms with Gasteiger partial charge in [-0.1, -0.05) is 30.7 Å². The highest BCUT2D eigenvalue weighted by Crippen LogP contribution is 2.46. The first kappa shape index (κ1) is 29.6. The summed E-state index contributed by atoms with van der Waals surface area (Å²) in [5, 5.41) is 13.7. The fourth-order valence-corrected chi connectivity index (χ4v) is 5.35. The van der Waals surface area contributed by atoms with E-state index in [2.05, 4.69) is 18.3 Å². The molecule has 3 rings (SSSR count). The van der Waals surface area contributed by atoms with Crippen LogP contribution in [0.15, 0.2) is 36.0 Å². The lowest BCUT2D eigenvalue weighted by atomic mass is 9.83. The van der Waals surface area contributed by atoms with Crippen molar-refractivity contribution >= 4 is 11.9 Å². The van der Waals surface area contributed by atoms with Crippen LogP contribution in [0, 0.1) is 5.92 Å². The van der Waals surface area contributed by atoms with Crippen molar-refractivity contribution in [3.63, 3.8) is 0 Å². The normalized spacial score (nSPS) is 36.2. The van der Waals surface area contributed by atoms with E-state index in [9.17, 15) is 14.7 Å². The Balaban J connectivity index is 1.50. The number of nitrogens with one attached hydrogen (secondary N) is 1. The third-order valence-corrected chi connectivity index (χ3v) is 7.35. The summed E-state index contributed by atoms with van der Waals surface area (Å²) < 4.78 is 23.2. The number of ether oxygens (including phenoxy) is 4. The van der Waals surface area contributed by atoms with Gasteiger partial charge in [-0.2, -0.15) is 0 Å². The van der Waals surface area contributed by atoms with Gasteiger partial charge in [-0.05, 0) is 66.4 Å². The molecule has 0 saturated carbocycles. The third kappa shape index (κ3) is 8.24. The molecule has 3 aliphatic rings. The highest BCUT2D eigenvalue weighted by atomic mass is 16.6. The molecule has 0 aliphatic carbocycles. The van der Waals surface area contributed by atoms with E-state index in [1.54, 1.807) is 19.9 Å². The van der Waals surface area contributed by atoms with Gasteiger partial charge in [0.2, 0.25) is 5.91 Å². The summed E-state index contributed by atoms with van der Waals surface area (Å²) in [6.45, 7) is 15.6. The van der Waals surface area contributed by atoms with Crippen LogP contribution in [0.25, 0.3) is 0 Å². The smallest absolute Gasteiger partial charge is 0.303 e. The molecule has 3 aliphatic heterocycles. The van der Waals surface area contributed by atoms with Crippen molar-refractivity contribution in [3.05, 3.63) is 36.0 Å². The standard InChI is InChI=1S/C29H45NO7/c1-18(10-12-24-26(33)29(17-34-29)16-28(7,8)37-24)9-11-23-19(2)15-22(20(3)35-23)30-25(32)13-14-27(5,6)36-21(4)31/h9-10,12-14,19-20,22-24,26,33H,11,15-17H2,1-8H3,(H,30,32)/t19-,20+,22+,23-,24+,26+,29+/m0/s1. The Morgan fingerprint density at radius 3 is 2.49 bits per heavy atom. The Labute approximate surface area is 221 Å². The van der Waals surface area contributed by atoms with Crippen molar-refractivity contribution in [2.45, 2.75) is 122 Å². The van der Waals surface area contributed by atoms with Crippen LogP contribution in [0.5, 0.6) is 0 Å². The number of hydrogen-bond acceptors (Lipinski definition) is 7. The van der Waals surface area contributed by atoms with E-state index in [0.717, 1.165) is 18.4 Å². The van der Waals surface area contributed by atoms with Crippen LogP contribution in [0.1, 0.15) is 74.7 Å². The van der Waals surface area contributed by atoms with Gasteiger partial charge >= 0.3 is 5.97 Å². The molecule has 2 N–H and O–H groups in total. The van der Waals surface area contributed by atoms with Crippen molar-refractivity contribution in [1.82, 2.24) is 5.32 Å². The van der Waals surface area contributed by atoms with Crippen molar-refractivity contribution in [3.8, 4) is 0 Å². The molecule has 0 aromatic rings. The molecule has 1 spiro atoms. The minimum atomic E-state index is -0.848. The zero-order valence-corrected chi connectivity index (χ0v) is 23.6. The zero-order chi connectivity index (χ0) is 27.6. The van der Waals surface area contributed by atoms with Crippen LogP contribution in [-0.2, 0) is 28.5 Å². The summed E-state index contributed by atoms with van der Waals surface area (Å²) in [4.78, 5) is 23.7. The second-order valence-corrected chi connectivity index (χ2v) is 12.1. The maximum absolute atomic E-state index is 12.5. The van der Waals surface area contributed by atoms with Gasteiger partial charge in [0, 0.05) is 19.4 Å². The Morgan fingerprint density at radius 2 is 1.86 bits per heavy atom. The first-order valence-corrected chi connectivity index (χ1v) is 13.3. The number of allylic oxidation sites excluding steroid dienone is 2. The molecule has 8 heteroatoms. The Bertz CT molecular complexity index is 931. The molecule has 1 amide bonds. The van der Waals surface area contributed by atoms with Crippen LogP contribution < -0.4 is 5.32 Å². The van der Waals surface area contributed by atoms with Crippen LogP contribution >= 0.6 is 0 Å². The predicted molar refractivity (Wildman–Crippen MR) is 141 cm³/mol. The number of esters is 1. The maximum atomic E-state index is 12.5. The molecule has 3 heterocycles. The molecule has 0 aromatic carbocycles. The van der Waals surface area contributed by atoms with E-state index >= 15 is 0 Å². The van der Waals surface area contributed by atoms with E-state index in [4.69, 9.17) is 18.9 Å². The molecular weight excluding hydrogens is 474 g/mol. The molecule has 3 fully saturated rings. The van der Waals surface area contributed by atoms with E-state index < -0.39 is 29.4 Å². The quantitative estimate of drug-likeness (QED) is 0.218. The number of rotatable bonds is 8. The highest BCUT2D eigenvalue weighted by Gasteiger charge is 2.60. The third-order valence-electron chi connectivity index (χ3n) is 7.35. The van der Waals surface area contributed by atoms with Gasteiger partial charge in [0.15, 0.2) is 0 Å². The Kier molecular flexibility index (Phi) is 9.10. The summed E-state index contributed by atoms with van der Waals surface area (Å²) >= 11 is 0. The summed E-state index contributed by atoms with van der Waals surface area (Å²) in [5.41, 5.74) is -0.580. The molecule has 0 bridgehead atoms. The van der Waals surface area contributed by atoms with Crippen molar-refractivity contribution in [2.24, 2.45) is 5.92 Å². The number of carbonyl (C=O) groups excluding carboxylic acids is 2. The van der Waals surface area contributed by atoms with E-state index in [-0.39, 0.29) is 35.7 Å². The number of amides is 1. The maximum Gasteiger partial charge on any atom is 0.303 e. The van der Waals surface area contributed by atoms with Crippen molar-refractivity contribution in [1.29, 1.82) is 0 Å². The lowest BCUT2D eigenvalue weighted by Gasteiger charge is -2.41.